The SMILES string of the molecule is COc1ccc(OC)c(NC(=O)C(=O)NN=C(C)c2ccncc2)c1. The van der Waals surface area contributed by atoms with Crippen molar-refractivity contribution in [1.82, 2.24) is 10.4 Å². The number of amides is 2. The first kappa shape index (κ1) is 17.9. The van der Waals surface area contributed by atoms with Gasteiger partial charge in [0.1, 0.15) is 11.5 Å². The second-order valence-electron chi connectivity index (χ2n) is 4.89. The number of pyridine rings is 1. The first-order valence-electron chi connectivity index (χ1n) is 7.33. The third-order valence-electron chi connectivity index (χ3n) is 3.28. The molecule has 0 aliphatic rings. The van der Waals surface area contributed by atoms with Crippen LogP contribution in [-0.4, -0.2) is 36.7 Å². The molecule has 0 radical (unpaired) electrons. The second kappa shape index (κ2) is 8.44. The second-order valence-corrected chi connectivity index (χ2v) is 4.89. The first-order valence-corrected chi connectivity index (χ1v) is 7.33. The van der Waals surface area contributed by atoms with Gasteiger partial charge in [0.2, 0.25) is 0 Å². The van der Waals surface area contributed by atoms with Crippen LogP contribution in [0, 0.1) is 0 Å². The molecule has 2 rings (SSSR count). The molecule has 0 aliphatic heterocycles. The summed E-state index contributed by atoms with van der Waals surface area (Å²) in [5, 5.41) is 6.37. The number of anilines is 1. The van der Waals surface area contributed by atoms with Crippen LogP contribution in [0.5, 0.6) is 11.5 Å². The molecule has 0 unspecified atom stereocenters. The first-order chi connectivity index (χ1) is 12.0. The van der Waals surface area contributed by atoms with Crippen molar-refractivity contribution >= 4 is 23.2 Å². The van der Waals surface area contributed by atoms with Crippen molar-refractivity contribution in [3.63, 3.8) is 0 Å². The molecule has 0 bridgehead atoms. The van der Waals surface area contributed by atoms with E-state index in [1.165, 1.54) is 14.2 Å². The van der Waals surface area contributed by atoms with Gasteiger partial charge in [-0.2, -0.15) is 5.10 Å². The molecule has 8 heteroatoms. The Morgan fingerprint density at radius 3 is 2.40 bits per heavy atom. The van der Waals surface area contributed by atoms with E-state index in [0.29, 0.717) is 22.9 Å². The Morgan fingerprint density at radius 2 is 1.76 bits per heavy atom. The molecule has 0 spiro atoms. The summed E-state index contributed by atoms with van der Waals surface area (Å²) < 4.78 is 10.2. The highest BCUT2D eigenvalue weighted by Crippen LogP contribution is 2.28. The van der Waals surface area contributed by atoms with Crippen molar-refractivity contribution in [3.8, 4) is 11.5 Å². The summed E-state index contributed by atoms with van der Waals surface area (Å²) in [5.74, 6) is -0.863. The summed E-state index contributed by atoms with van der Waals surface area (Å²) in [6, 6.07) is 8.34. The van der Waals surface area contributed by atoms with E-state index >= 15 is 0 Å². The number of methoxy groups -OCH3 is 2. The molecule has 2 aromatic rings. The van der Waals surface area contributed by atoms with Gasteiger partial charge in [0.25, 0.3) is 0 Å². The van der Waals surface area contributed by atoms with Crippen molar-refractivity contribution < 1.29 is 19.1 Å². The Hall–Kier alpha value is -3.42. The number of carbonyl (C=O) groups excluding carboxylic acids is 2. The number of aromatic nitrogens is 1. The number of hydrogen-bond donors (Lipinski definition) is 2. The van der Waals surface area contributed by atoms with E-state index in [1.807, 2.05) is 0 Å². The van der Waals surface area contributed by atoms with Gasteiger partial charge in [-0.15, -0.1) is 0 Å². The van der Waals surface area contributed by atoms with Gasteiger partial charge in [-0.05, 0) is 31.2 Å². The molecule has 1 aromatic carbocycles. The number of rotatable bonds is 5. The average molecular weight is 342 g/mol. The Morgan fingerprint density at radius 1 is 1.04 bits per heavy atom. The van der Waals surface area contributed by atoms with E-state index in [0.717, 1.165) is 5.56 Å². The largest absolute Gasteiger partial charge is 0.497 e. The molecule has 0 saturated heterocycles. The number of hydrazone groups is 1. The van der Waals surface area contributed by atoms with Crippen LogP contribution < -0.4 is 20.2 Å². The maximum atomic E-state index is 12.0. The van der Waals surface area contributed by atoms with Crippen LogP contribution in [0.15, 0.2) is 47.8 Å². The number of benzene rings is 1. The standard InChI is InChI=1S/C17H18N4O4/c1-11(12-6-8-18-9-7-12)20-21-17(23)16(22)19-14-10-13(24-2)4-5-15(14)25-3/h4-10H,1-3H3,(H,19,22)(H,21,23). The van der Waals surface area contributed by atoms with Gasteiger partial charge in [0.15, 0.2) is 0 Å². The fourth-order valence-corrected chi connectivity index (χ4v) is 1.93. The van der Waals surface area contributed by atoms with Crippen molar-refractivity contribution in [2.24, 2.45) is 5.10 Å². The molecule has 2 N–H and O–H groups in total. The van der Waals surface area contributed by atoms with Crippen LogP contribution in [0.2, 0.25) is 0 Å². The number of carbonyl (C=O) groups is 2. The van der Waals surface area contributed by atoms with Gasteiger partial charge in [0.05, 0.1) is 25.6 Å². The van der Waals surface area contributed by atoms with Gasteiger partial charge >= 0.3 is 11.8 Å². The van der Waals surface area contributed by atoms with Crippen LogP contribution in [0.1, 0.15) is 12.5 Å². The predicted molar refractivity (Wildman–Crippen MR) is 92.8 cm³/mol. The molecule has 1 heterocycles. The van der Waals surface area contributed by atoms with Gasteiger partial charge in [-0.25, -0.2) is 5.43 Å². The summed E-state index contributed by atoms with van der Waals surface area (Å²) in [4.78, 5) is 27.9. The minimum atomic E-state index is -0.904. The van der Waals surface area contributed by atoms with E-state index in [4.69, 9.17) is 9.47 Å². The number of nitrogens with one attached hydrogen (secondary N) is 2. The fourth-order valence-electron chi connectivity index (χ4n) is 1.93. The zero-order valence-electron chi connectivity index (χ0n) is 14.1. The van der Waals surface area contributed by atoms with E-state index < -0.39 is 11.8 Å². The molecule has 0 fully saturated rings. The summed E-state index contributed by atoms with van der Waals surface area (Å²) in [6.45, 7) is 1.71. The zero-order chi connectivity index (χ0) is 18.2. The molecule has 130 valence electrons. The van der Waals surface area contributed by atoms with Crippen molar-refractivity contribution in [1.29, 1.82) is 0 Å². The third-order valence-corrected chi connectivity index (χ3v) is 3.28. The minimum Gasteiger partial charge on any atom is -0.497 e. The van der Waals surface area contributed by atoms with E-state index in [9.17, 15) is 9.59 Å². The number of ether oxygens (including phenoxy) is 2. The van der Waals surface area contributed by atoms with Crippen molar-refractivity contribution in [2.75, 3.05) is 19.5 Å². The summed E-state index contributed by atoms with van der Waals surface area (Å²) >= 11 is 0. The van der Waals surface area contributed by atoms with E-state index in [1.54, 1.807) is 49.6 Å². The van der Waals surface area contributed by atoms with E-state index in [2.05, 4.69) is 20.8 Å². The maximum Gasteiger partial charge on any atom is 0.329 e. The highest BCUT2D eigenvalue weighted by molar-refractivity contribution is 6.39. The molecule has 8 nitrogen and oxygen atoms in total. The van der Waals surface area contributed by atoms with Crippen LogP contribution in [-0.2, 0) is 9.59 Å². The highest BCUT2D eigenvalue weighted by Gasteiger charge is 2.16. The quantitative estimate of drug-likeness (QED) is 0.488. The van der Waals surface area contributed by atoms with Gasteiger partial charge < -0.3 is 14.8 Å². The van der Waals surface area contributed by atoms with Gasteiger partial charge in [-0.1, -0.05) is 0 Å². The number of nitrogens with zero attached hydrogens (tertiary/aromatic N) is 2. The summed E-state index contributed by atoms with van der Waals surface area (Å²) in [6.07, 6.45) is 3.22. The predicted octanol–water partition coefficient (Wildman–Crippen LogP) is 1.58. The van der Waals surface area contributed by atoms with Gasteiger partial charge in [-0.3, -0.25) is 14.6 Å². The molecule has 0 aliphatic carbocycles. The van der Waals surface area contributed by atoms with Crippen LogP contribution in [0.4, 0.5) is 5.69 Å². The van der Waals surface area contributed by atoms with Gasteiger partial charge in [0, 0.05) is 24.0 Å². The monoisotopic (exact) mass is 342 g/mol. The molecule has 2 amide bonds. The smallest absolute Gasteiger partial charge is 0.329 e. The zero-order valence-corrected chi connectivity index (χ0v) is 14.1. The fraction of sp³-hybridized carbons (Fsp3) is 0.176. The minimum absolute atomic E-state index is 0.317. The number of hydrogen-bond acceptors (Lipinski definition) is 6. The molecule has 1 aromatic heterocycles. The average Bonchev–Trinajstić information content (AvgIpc) is 2.66. The lowest BCUT2D eigenvalue weighted by Gasteiger charge is -2.11. The lowest BCUT2D eigenvalue weighted by atomic mass is 10.2. The molecule has 25 heavy (non-hydrogen) atoms. The Balaban J connectivity index is 2.05. The Kier molecular flexibility index (Phi) is 6.05. The Bertz CT molecular complexity index is 790. The van der Waals surface area contributed by atoms with Crippen LogP contribution in [0.3, 0.4) is 0 Å². The van der Waals surface area contributed by atoms with Crippen LogP contribution >= 0.6 is 0 Å². The van der Waals surface area contributed by atoms with Crippen molar-refractivity contribution in [3.05, 3.63) is 48.3 Å². The molecule has 0 saturated carbocycles. The van der Waals surface area contributed by atoms with Crippen LogP contribution in [0.25, 0.3) is 0 Å². The topological polar surface area (TPSA) is 102 Å². The summed E-state index contributed by atoms with van der Waals surface area (Å²) in [5.41, 5.74) is 3.85. The van der Waals surface area contributed by atoms with Crippen molar-refractivity contribution in [2.45, 2.75) is 6.92 Å². The highest BCUT2D eigenvalue weighted by atomic mass is 16.5. The Labute approximate surface area is 144 Å². The van der Waals surface area contributed by atoms with E-state index in [-0.39, 0.29) is 0 Å². The lowest BCUT2D eigenvalue weighted by Crippen LogP contribution is -2.33. The normalized spacial score (nSPS) is 10.8. The molecular weight excluding hydrogens is 324 g/mol. The summed E-state index contributed by atoms with van der Waals surface area (Å²) in [7, 11) is 2.95. The maximum absolute atomic E-state index is 12.0. The molecular formula is C17H18N4O4. The third kappa shape index (κ3) is 4.77. The lowest BCUT2D eigenvalue weighted by molar-refractivity contribution is -0.136. The molecule has 0 atom stereocenters.